The van der Waals surface area contributed by atoms with E-state index in [0.29, 0.717) is 10.0 Å². The average Bonchev–Trinajstić information content (AvgIpc) is 2.91. The van der Waals surface area contributed by atoms with Crippen LogP contribution in [0.4, 0.5) is 5.69 Å². The zero-order chi connectivity index (χ0) is 16.4. The van der Waals surface area contributed by atoms with Gasteiger partial charge in [-0.1, -0.05) is 36.2 Å². The van der Waals surface area contributed by atoms with Gasteiger partial charge < -0.3 is 5.32 Å². The van der Waals surface area contributed by atoms with Gasteiger partial charge in [0.25, 0.3) is 0 Å². The van der Waals surface area contributed by atoms with E-state index >= 15 is 0 Å². The molecular formula is C17H17Cl2N3S. The van der Waals surface area contributed by atoms with Gasteiger partial charge in [-0.2, -0.15) is 5.10 Å². The number of halogens is 2. The first-order chi connectivity index (χ1) is 11.2. The number of nitrogens with zero attached hydrogens (tertiary/aromatic N) is 2. The Labute approximate surface area is 150 Å². The topological polar surface area (TPSA) is 29.3 Å². The molecule has 1 aromatic carbocycles. The predicted molar refractivity (Wildman–Crippen MR) is 101 cm³/mol. The van der Waals surface area contributed by atoms with E-state index in [2.05, 4.69) is 18.3 Å². The molecule has 0 bridgehead atoms. The smallest absolute Gasteiger partial charge is 0.142 e. The number of nitrogens with one attached hydrogen (secondary N) is 1. The zero-order valence-corrected chi connectivity index (χ0v) is 15.3. The minimum Gasteiger partial charge on any atom is -0.381 e. The fourth-order valence-electron chi connectivity index (χ4n) is 2.51. The summed E-state index contributed by atoms with van der Waals surface area (Å²) < 4.78 is 1.94. The fraction of sp³-hybridized carbons (Fsp3) is 0.235. The van der Waals surface area contributed by atoms with Crippen LogP contribution in [-0.4, -0.2) is 22.4 Å². The van der Waals surface area contributed by atoms with Gasteiger partial charge in [0.1, 0.15) is 5.03 Å². The van der Waals surface area contributed by atoms with Crippen LogP contribution in [0.1, 0.15) is 13.3 Å². The molecule has 0 radical (unpaired) electrons. The van der Waals surface area contributed by atoms with Crippen molar-refractivity contribution in [2.45, 2.75) is 18.4 Å². The van der Waals surface area contributed by atoms with Gasteiger partial charge in [-0.3, -0.25) is 0 Å². The predicted octanol–water partition coefficient (Wildman–Crippen LogP) is 5.85. The Kier molecular flexibility index (Phi) is 5.05. The number of fused-ring (bicyclic) bond motifs is 1. The lowest BCUT2D eigenvalue weighted by atomic mass is 10.1. The van der Waals surface area contributed by atoms with E-state index < -0.39 is 0 Å². The van der Waals surface area contributed by atoms with Gasteiger partial charge in [-0.15, -0.1) is 11.8 Å². The third kappa shape index (κ3) is 3.16. The summed E-state index contributed by atoms with van der Waals surface area (Å²) >= 11 is 14.0. The van der Waals surface area contributed by atoms with E-state index in [1.54, 1.807) is 17.8 Å². The summed E-state index contributed by atoms with van der Waals surface area (Å²) in [5.41, 5.74) is 3.99. The first-order valence-electron chi connectivity index (χ1n) is 7.40. The summed E-state index contributed by atoms with van der Waals surface area (Å²) in [4.78, 5) is 0. The van der Waals surface area contributed by atoms with Crippen molar-refractivity contribution in [3.8, 4) is 11.3 Å². The normalized spacial score (nSPS) is 11.1. The molecule has 0 spiro atoms. The van der Waals surface area contributed by atoms with E-state index in [0.717, 1.165) is 40.5 Å². The van der Waals surface area contributed by atoms with Crippen LogP contribution in [0.15, 0.2) is 41.4 Å². The van der Waals surface area contributed by atoms with Crippen LogP contribution in [-0.2, 0) is 0 Å². The monoisotopic (exact) mass is 365 g/mol. The summed E-state index contributed by atoms with van der Waals surface area (Å²) in [7, 11) is 0. The van der Waals surface area contributed by atoms with Crippen molar-refractivity contribution in [3.63, 3.8) is 0 Å². The molecule has 2 heterocycles. The van der Waals surface area contributed by atoms with E-state index in [-0.39, 0.29) is 0 Å². The molecule has 0 aliphatic heterocycles. The number of aromatic nitrogens is 2. The van der Waals surface area contributed by atoms with Crippen LogP contribution >= 0.6 is 35.0 Å². The number of thioether (sulfide) groups is 1. The molecular weight excluding hydrogens is 349 g/mol. The summed E-state index contributed by atoms with van der Waals surface area (Å²) in [6, 6.07) is 11.6. The highest BCUT2D eigenvalue weighted by Crippen LogP contribution is 2.35. The summed E-state index contributed by atoms with van der Waals surface area (Å²) in [6.45, 7) is 3.07. The van der Waals surface area contributed by atoms with Crippen LogP contribution in [0.2, 0.25) is 10.0 Å². The molecule has 2 aromatic heterocycles. The third-order valence-corrected chi connectivity index (χ3v) is 4.80. The maximum atomic E-state index is 6.38. The summed E-state index contributed by atoms with van der Waals surface area (Å²) in [6.07, 6.45) is 3.10. The molecule has 0 aliphatic carbocycles. The minimum atomic E-state index is 0.620. The van der Waals surface area contributed by atoms with E-state index in [4.69, 9.17) is 28.3 Å². The van der Waals surface area contributed by atoms with Gasteiger partial charge >= 0.3 is 0 Å². The second kappa shape index (κ2) is 7.04. The zero-order valence-electron chi connectivity index (χ0n) is 12.9. The molecule has 0 atom stereocenters. The highest BCUT2D eigenvalue weighted by Gasteiger charge is 2.15. The van der Waals surface area contributed by atoms with Crippen molar-refractivity contribution in [1.82, 2.24) is 9.61 Å². The molecule has 0 aliphatic rings. The minimum absolute atomic E-state index is 0.620. The maximum Gasteiger partial charge on any atom is 0.142 e. The molecule has 3 aromatic rings. The van der Waals surface area contributed by atoms with Gasteiger partial charge in [0, 0.05) is 17.1 Å². The molecule has 6 heteroatoms. The third-order valence-electron chi connectivity index (χ3n) is 3.58. The maximum absolute atomic E-state index is 6.38. The number of rotatable bonds is 5. The Morgan fingerprint density at radius 2 is 2.04 bits per heavy atom. The van der Waals surface area contributed by atoms with Crippen molar-refractivity contribution in [2.24, 2.45) is 0 Å². The van der Waals surface area contributed by atoms with Crippen molar-refractivity contribution < 1.29 is 0 Å². The SMILES string of the molecule is CCCNc1c(SC)nn2c(-c3ccc(Cl)cc3Cl)cccc12. The molecule has 23 heavy (non-hydrogen) atoms. The van der Waals surface area contributed by atoms with Crippen LogP contribution in [0.25, 0.3) is 16.8 Å². The van der Waals surface area contributed by atoms with Crippen molar-refractivity contribution in [2.75, 3.05) is 18.1 Å². The van der Waals surface area contributed by atoms with Crippen LogP contribution in [0, 0.1) is 0 Å². The van der Waals surface area contributed by atoms with Gasteiger partial charge in [-0.25, -0.2) is 4.52 Å². The van der Waals surface area contributed by atoms with Crippen molar-refractivity contribution in [1.29, 1.82) is 0 Å². The lowest BCUT2D eigenvalue weighted by Gasteiger charge is -2.08. The Morgan fingerprint density at radius 1 is 1.22 bits per heavy atom. The highest BCUT2D eigenvalue weighted by molar-refractivity contribution is 7.98. The van der Waals surface area contributed by atoms with Crippen LogP contribution in [0.3, 0.4) is 0 Å². The summed E-state index contributed by atoms with van der Waals surface area (Å²) in [5, 5.41) is 10.5. The van der Waals surface area contributed by atoms with Gasteiger partial charge in [0.2, 0.25) is 0 Å². The highest BCUT2D eigenvalue weighted by atomic mass is 35.5. The Hall–Kier alpha value is -1.36. The number of anilines is 1. The van der Waals surface area contributed by atoms with Crippen molar-refractivity contribution >= 4 is 46.2 Å². The fourth-order valence-corrected chi connectivity index (χ4v) is 3.56. The second-order valence-corrected chi connectivity index (χ2v) is 6.78. The molecule has 3 rings (SSSR count). The number of hydrogen-bond donors (Lipinski definition) is 1. The van der Waals surface area contributed by atoms with E-state index in [9.17, 15) is 0 Å². The first-order valence-corrected chi connectivity index (χ1v) is 9.38. The standard InChI is InChI=1S/C17H17Cl2N3S/c1-3-9-20-16-15-6-4-5-14(22(15)21-17(16)23-2)12-8-7-11(18)10-13(12)19/h4-8,10,20H,3,9H2,1-2H3. The van der Waals surface area contributed by atoms with E-state index in [1.165, 1.54) is 0 Å². The lowest BCUT2D eigenvalue weighted by molar-refractivity contribution is 0.907. The summed E-state index contributed by atoms with van der Waals surface area (Å²) in [5.74, 6) is 0. The molecule has 0 amide bonds. The Bertz CT molecular complexity index is 845. The second-order valence-electron chi connectivity index (χ2n) is 5.14. The first kappa shape index (κ1) is 16.5. The Balaban J connectivity index is 2.21. The molecule has 0 fully saturated rings. The van der Waals surface area contributed by atoms with Crippen LogP contribution in [0.5, 0.6) is 0 Å². The van der Waals surface area contributed by atoms with Gasteiger partial charge in [0.05, 0.1) is 21.9 Å². The Morgan fingerprint density at radius 3 is 2.74 bits per heavy atom. The molecule has 1 N–H and O–H groups in total. The molecule has 0 saturated heterocycles. The van der Waals surface area contributed by atoms with Crippen LogP contribution < -0.4 is 5.32 Å². The molecule has 0 saturated carbocycles. The average molecular weight is 366 g/mol. The lowest BCUT2D eigenvalue weighted by Crippen LogP contribution is -2.00. The van der Waals surface area contributed by atoms with Crippen molar-refractivity contribution in [3.05, 3.63) is 46.4 Å². The van der Waals surface area contributed by atoms with Gasteiger partial charge in [-0.05, 0) is 43.0 Å². The molecule has 120 valence electrons. The number of benzene rings is 1. The van der Waals surface area contributed by atoms with E-state index in [1.807, 2.05) is 35.0 Å². The number of pyridine rings is 1. The van der Waals surface area contributed by atoms with Gasteiger partial charge in [0.15, 0.2) is 0 Å². The molecule has 3 nitrogen and oxygen atoms in total. The number of hydrogen-bond acceptors (Lipinski definition) is 3. The largest absolute Gasteiger partial charge is 0.381 e. The molecule has 0 unspecified atom stereocenters. The quantitative estimate of drug-likeness (QED) is 0.574.